The highest BCUT2D eigenvalue weighted by Gasteiger charge is 2.34. The van der Waals surface area contributed by atoms with Gasteiger partial charge in [-0.05, 0) is 123 Å². The number of alkyl carbamates (subject to hydrolysis) is 1. The third-order valence-corrected chi connectivity index (χ3v) is 16.4. The molecule has 4 aliphatic carbocycles. The fraction of sp³-hybridized carbons (Fsp3) is 0.297. The highest BCUT2D eigenvalue weighted by atomic mass is 16.6. The van der Waals surface area contributed by atoms with Crippen LogP contribution in [0, 0.1) is 0 Å². The summed E-state index contributed by atoms with van der Waals surface area (Å²) in [7, 11) is 0. The van der Waals surface area contributed by atoms with Crippen LogP contribution >= 0.6 is 0 Å². The molecule has 4 aliphatic rings. The summed E-state index contributed by atoms with van der Waals surface area (Å²) in [6.45, 7) is 5.27. The second-order valence-electron chi connectivity index (χ2n) is 23.4. The summed E-state index contributed by atoms with van der Waals surface area (Å²) in [6, 6.07) is 65.5. The molecule has 0 heterocycles. The van der Waals surface area contributed by atoms with Crippen molar-refractivity contribution in [1.29, 1.82) is 0 Å². The average molecular weight is 1230 g/mol. The van der Waals surface area contributed by atoms with Gasteiger partial charge in [-0.2, -0.15) is 0 Å². The Balaban J connectivity index is 0.000000232. The molecule has 0 bridgehead atoms. The lowest BCUT2D eigenvalue weighted by molar-refractivity contribution is -0.145. The first-order valence-electron chi connectivity index (χ1n) is 33.3. The minimum atomic E-state index is -1.67. The number of nitrogens with two attached hydrogens (primary N) is 1. The molecule has 16 nitrogen and oxygen atoms in total. The highest BCUT2D eigenvalue weighted by Crippen LogP contribution is 2.48. The number of rotatable bonds is 18. The van der Waals surface area contributed by atoms with Crippen molar-refractivity contribution >= 4 is 24.0 Å². The highest BCUT2D eigenvalue weighted by molar-refractivity contribution is 5.83. The number of amides is 1. The Hall–Kier alpha value is -8.84. The topological polar surface area (TPSA) is 265 Å². The predicted molar refractivity (Wildman–Crippen MR) is 352 cm³/mol. The van der Waals surface area contributed by atoms with E-state index in [1.807, 2.05) is 97.1 Å². The largest absolute Gasteiger partial charge is 0.465 e. The van der Waals surface area contributed by atoms with Crippen molar-refractivity contribution in [1.82, 2.24) is 5.32 Å². The zero-order chi connectivity index (χ0) is 69.9. The van der Waals surface area contributed by atoms with Gasteiger partial charge in [-0.25, -0.2) is 4.79 Å². The summed E-state index contributed by atoms with van der Waals surface area (Å²) in [5, 5.41) is 59.3. The number of carbonyl (C=O) groups excluding carboxylic acids is 4. The first-order chi connectivity index (χ1) is 46.5. The number of aliphatic hydroxyl groups excluding tert-OH is 6. The molecule has 0 spiro atoms. The summed E-state index contributed by atoms with van der Waals surface area (Å²) in [6.07, 6.45) is -6.45. The number of nitrogens with one attached hydrogen (secondary N) is 1. The van der Waals surface area contributed by atoms with Crippen LogP contribution in [0.2, 0.25) is 0 Å². The van der Waals surface area contributed by atoms with Crippen molar-refractivity contribution < 1.29 is 79.1 Å². The van der Waals surface area contributed by atoms with Crippen LogP contribution in [0.4, 0.5) is 4.79 Å². The summed E-state index contributed by atoms with van der Waals surface area (Å²) in [4.78, 5) is 47.0. The lowest BCUT2D eigenvalue weighted by Gasteiger charge is -2.25. The number of ether oxygens (including phenoxy) is 4. The number of esters is 3. The van der Waals surface area contributed by atoms with E-state index < -0.39 is 54.7 Å². The summed E-state index contributed by atoms with van der Waals surface area (Å²) >= 11 is 0. The van der Waals surface area contributed by atoms with E-state index in [-0.39, 0.29) is 83.2 Å². The third kappa shape index (κ3) is 15.6. The van der Waals surface area contributed by atoms with Crippen LogP contribution in [0.1, 0.15) is 119 Å². The molecule has 476 valence electrons. The Morgan fingerprint density at radius 3 is 1.04 bits per heavy atom. The van der Waals surface area contributed by atoms with Gasteiger partial charge in [0.1, 0.15) is 50.3 Å². The van der Waals surface area contributed by atoms with Crippen molar-refractivity contribution in [3.8, 4) is 44.5 Å². The van der Waals surface area contributed by atoms with Gasteiger partial charge in [-0.15, -0.1) is 0 Å². The number of benzene rings is 8. The quantitative estimate of drug-likeness (QED) is 0.0293. The summed E-state index contributed by atoms with van der Waals surface area (Å²) in [5.74, 6) is -0.994. The standard InChI is InChI=1S/C23H28O7.C21H23NO4.C16H15NO2.C14H12O.4H2/c24-12-20(26)23(29)22(28)19(25)10-5-11-21(27)30-13-18-16-8-3-1-6-14(16)15-7-2-4-9-17(15)18;1-21(2,3)26-20(24)22-12-19(23)25-13-18-16-10-6-4-8-14(16)15-9-5-7-11-17(15)18;17-9-16(18)19-10-15-13-7-3-1-5-11(13)12-6-2-4-8-14(12)15;15-9-14-12-7-3-1-5-10(12)11-6-2-4-8-13(11)14;;;;/h1-4,6-9,18-20,22-26,28-29H,5,10-13H2;4-11,18H,12-13H2,1-3H3,(H,22,24);1-8,15H,9-10,17H2;1-8,14-15H,9H2;4*1H/t19-,20+,22+,23+;;;;;;;/m0......./s1/i;;;;3*1+1D;1+1. The fourth-order valence-corrected chi connectivity index (χ4v) is 12.1. The minimum absolute atomic E-state index is 0. The van der Waals surface area contributed by atoms with Crippen LogP contribution in [0.15, 0.2) is 194 Å². The maximum atomic E-state index is 12.2. The SMILES string of the molecule is CC(C)(C)OC(=O)NCC(=O)OCC1c2ccccc2-c2ccccc21.NCC(=O)OCC1c2ccccc2-c2ccccc21.O=C(CCC[C@H](O)[C@@H](O)[C@H](O)[C@H](O)CO)OCC1c2ccccc2-c2ccccc21.OCC1c2ccccc2-c2ccccc21.[2HH].[2H][2H].[2H][2H].[2H][2H]. The van der Waals surface area contributed by atoms with E-state index in [2.05, 4.69) is 102 Å². The zero-order valence-corrected chi connectivity index (χ0v) is 50.7. The molecule has 4 atom stereocenters. The van der Waals surface area contributed by atoms with Gasteiger partial charge in [-0.3, -0.25) is 14.4 Å². The Kier molecular flexibility index (Phi) is 20.9. The van der Waals surface area contributed by atoms with E-state index in [1.54, 1.807) is 20.8 Å². The smallest absolute Gasteiger partial charge is 0.408 e. The maximum Gasteiger partial charge on any atom is 0.408 e. The lowest BCUT2D eigenvalue weighted by atomic mass is 9.98. The van der Waals surface area contributed by atoms with Crippen LogP contribution in [0.5, 0.6) is 0 Å². The predicted octanol–water partition coefficient (Wildman–Crippen LogP) is 10.9. The van der Waals surface area contributed by atoms with E-state index >= 15 is 0 Å². The van der Waals surface area contributed by atoms with E-state index in [4.69, 9.17) is 38.7 Å². The van der Waals surface area contributed by atoms with Gasteiger partial charge in [0.15, 0.2) is 0 Å². The third-order valence-electron chi connectivity index (χ3n) is 16.4. The molecule has 8 aromatic carbocycles. The number of hydrogen-bond donors (Lipinski definition) is 8. The van der Waals surface area contributed by atoms with Crippen LogP contribution in [0.3, 0.4) is 0 Å². The Morgan fingerprint density at radius 2 is 0.744 bits per heavy atom. The zero-order valence-electron chi connectivity index (χ0n) is 56.7. The molecule has 8 aromatic rings. The Bertz CT molecular complexity index is 3620. The van der Waals surface area contributed by atoms with Crippen LogP contribution < -0.4 is 11.1 Å². The van der Waals surface area contributed by atoms with E-state index in [0.29, 0.717) is 6.61 Å². The van der Waals surface area contributed by atoms with Crippen LogP contribution in [-0.2, 0) is 33.3 Å². The van der Waals surface area contributed by atoms with Gasteiger partial charge in [0.2, 0.25) is 0 Å². The summed E-state index contributed by atoms with van der Waals surface area (Å²) in [5.41, 5.74) is 23.8. The number of fused-ring (bicyclic) bond motifs is 12. The normalized spacial score (nSPS) is 14.6. The molecular weight excluding hydrogens is 1140 g/mol. The molecule has 9 N–H and O–H groups in total. The molecule has 1 amide bonds. The average Bonchev–Trinajstić information content (AvgIpc) is 1.65. The molecule has 90 heavy (non-hydrogen) atoms. The van der Waals surface area contributed by atoms with Gasteiger partial charge in [0.05, 0.1) is 25.9 Å². The van der Waals surface area contributed by atoms with Gasteiger partial charge in [0, 0.05) is 40.4 Å². The second-order valence-corrected chi connectivity index (χ2v) is 23.4. The maximum absolute atomic E-state index is 12.2. The molecule has 0 saturated heterocycles. The number of carbonyl (C=O) groups is 4. The Labute approximate surface area is 535 Å². The monoisotopic (exact) mass is 1230 g/mol. The Morgan fingerprint density at radius 1 is 0.456 bits per heavy atom. The molecule has 0 radical (unpaired) electrons. The summed E-state index contributed by atoms with van der Waals surface area (Å²) < 4.78 is 51.2. The van der Waals surface area contributed by atoms with E-state index in [0.717, 1.165) is 33.4 Å². The van der Waals surface area contributed by atoms with Crippen molar-refractivity contribution in [2.24, 2.45) is 5.73 Å². The molecule has 0 saturated carbocycles. The van der Waals surface area contributed by atoms with Gasteiger partial charge in [0.25, 0.3) is 0 Å². The molecule has 12 rings (SSSR count). The van der Waals surface area contributed by atoms with Crippen LogP contribution in [0.25, 0.3) is 44.5 Å². The lowest BCUT2D eigenvalue weighted by Crippen LogP contribution is -2.45. The molecule has 0 aliphatic heterocycles. The minimum Gasteiger partial charge on any atom is -0.465 e. The van der Waals surface area contributed by atoms with Crippen molar-refractivity contribution in [2.75, 3.05) is 46.1 Å². The van der Waals surface area contributed by atoms with E-state index in [1.165, 1.54) is 55.6 Å². The van der Waals surface area contributed by atoms with Crippen molar-refractivity contribution in [3.63, 3.8) is 0 Å². The van der Waals surface area contributed by atoms with Gasteiger partial charge < -0.3 is 60.6 Å². The number of hydrogen-bond acceptors (Lipinski definition) is 15. The van der Waals surface area contributed by atoms with Crippen molar-refractivity contribution in [2.45, 2.75) is 93.7 Å². The van der Waals surface area contributed by atoms with Gasteiger partial charge in [-0.1, -0.05) is 194 Å². The molecular formula is C74H86N2O14. The second kappa shape index (κ2) is 30.6. The number of aliphatic hydroxyl groups is 6. The fourth-order valence-electron chi connectivity index (χ4n) is 12.1. The molecule has 0 fully saturated rings. The van der Waals surface area contributed by atoms with Crippen molar-refractivity contribution in [3.05, 3.63) is 239 Å². The molecule has 16 heteroatoms. The van der Waals surface area contributed by atoms with Crippen LogP contribution in [-0.4, -0.2) is 131 Å². The van der Waals surface area contributed by atoms with E-state index in [9.17, 15) is 44.7 Å². The molecule has 0 aromatic heterocycles. The van der Waals surface area contributed by atoms with Gasteiger partial charge >= 0.3 is 24.0 Å². The first-order valence-corrected chi connectivity index (χ1v) is 30.3. The first kappa shape index (κ1) is 61.4. The molecule has 0 unspecified atom stereocenters.